The Morgan fingerprint density at radius 2 is 1.76 bits per heavy atom. The highest BCUT2D eigenvalue weighted by atomic mass is 32.2. The minimum atomic E-state index is -0.901. The van der Waals surface area contributed by atoms with Crippen molar-refractivity contribution in [1.82, 2.24) is 19.8 Å². The molecular formula is C28H33F3N4OS. The molecule has 2 amide bonds. The maximum absolute atomic E-state index is 14.1. The number of halogens is 3. The van der Waals surface area contributed by atoms with Gasteiger partial charge in [-0.25, -0.2) is 22.9 Å². The van der Waals surface area contributed by atoms with Crippen LogP contribution in [-0.4, -0.2) is 45.4 Å². The third-order valence-corrected chi connectivity index (χ3v) is 8.04. The lowest BCUT2D eigenvalue weighted by Gasteiger charge is -2.32. The van der Waals surface area contributed by atoms with Gasteiger partial charge in [0, 0.05) is 36.0 Å². The number of hydrogen-bond acceptors (Lipinski definition) is 3. The maximum Gasteiger partial charge on any atom is 0.317 e. The first-order chi connectivity index (χ1) is 17.6. The van der Waals surface area contributed by atoms with Crippen molar-refractivity contribution in [2.24, 2.45) is 5.92 Å². The van der Waals surface area contributed by atoms with Crippen LogP contribution in [-0.2, 0) is 5.41 Å². The molecule has 0 aliphatic carbocycles. The summed E-state index contributed by atoms with van der Waals surface area (Å²) in [5, 5.41) is 3.70. The molecule has 1 fully saturated rings. The lowest BCUT2D eigenvalue weighted by atomic mass is 9.81. The Morgan fingerprint density at radius 1 is 1.08 bits per heavy atom. The molecule has 2 heterocycles. The molecule has 1 N–H and O–H groups in total. The third-order valence-electron chi connectivity index (χ3n) is 6.86. The second kappa shape index (κ2) is 11.2. The van der Waals surface area contributed by atoms with E-state index in [0.717, 1.165) is 41.2 Å². The summed E-state index contributed by atoms with van der Waals surface area (Å²) >= 11 is 1.62. The van der Waals surface area contributed by atoms with Gasteiger partial charge < -0.3 is 10.2 Å². The average molecular weight is 531 g/mol. The van der Waals surface area contributed by atoms with Crippen LogP contribution in [0.5, 0.6) is 0 Å². The first-order valence-corrected chi connectivity index (χ1v) is 13.5. The van der Waals surface area contributed by atoms with E-state index < -0.39 is 17.0 Å². The van der Waals surface area contributed by atoms with Gasteiger partial charge >= 0.3 is 6.03 Å². The van der Waals surface area contributed by atoms with E-state index in [4.69, 9.17) is 4.98 Å². The Kier molecular flexibility index (Phi) is 8.21. The van der Waals surface area contributed by atoms with Crippen LogP contribution in [0.25, 0.3) is 5.69 Å². The second-order valence-electron chi connectivity index (χ2n) is 10.3. The summed E-state index contributed by atoms with van der Waals surface area (Å²) in [5.41, 5.74) is 1.43. The number of aromatic nitrogens is 2. The standard InChI is InChI=1S/C28H33F3N4OS/c1-18(2)33-26(36)34-13-11-19(12-14-34)17-37-27-32-16-25(35(27)22-8-6-21(29)7-9-22)28(3,4)20-5-10-23(30)24(31)15-20/h5-10,15-16,18-19H,11-14,17H2,1-4H3,(H,33,36). The number of urea groups is 1. The van der Waals surface area contributed by atoms with Gasteiger partial charge in [0.05, 0.1) is 11.9 Å². The number of nitrogens with one attached hydrogen (secondary N) is 1. The number of piperidine rings is 1. The van der Waals surface area contributed by atoms with E-state index in [-0.39, 0.29) is 17.9 Å². The van der Waals surface area contributed by atoms with Crippen molar-refractivity contribution in [3.05, 3.63) is 77.4 Å². The van der Waals surface area contributed by atoms with Gasteiger partial charge in [0.2, 0.25) is 0 Å². The van der Waals surface area contributed by atoms with Crippen molar-refractivity contribution < 1.29 is 18.0 Å². The molecule has 0 radical (unpaired) electrons. The number of benzene rings is 2. The van der Waals surface area contributed by atoms with Crippen molar-refractivity contribution in [2.45, 2.75) is 57.1 Å². The molecule has 0 saturated carbocycles. The first kappa shape index (κ1) is 27.1. The highest BCUT2D eigenvalue weighted by Gasteiger charge is 2.31. The van der Waals surface area contributed by atoms with Gasteiger partial charge in [0.25, 0.3) is 0 Å². The van der Waals surface area contributed by atoms with Crippen molar-refractivity contribution in [3.63, 3.8) is 0 Å². The fraction of sp³-hybridized carbons (Fsp3) is 0.429. The number of imidazole rings is 1. The maximum atomic E-state index is 14.1. The molecule has 5 nitrogen and oxygen atoms in total. The van der Waals surface area contributed by atoms with Crippen LogP contribution in [0.3, 0.4) is 0 Å². The molecule has 0 bridgehead atoms. The lowest BCUT2D eigenvalue weighted by Crippen LogP contribution is -2.46. The van der Waals surface area contributed by atoms with Crippen LogP contribution in [0.2, 0.25) is 0 Å². The number of hydrogen-bond donors (Lipinski definition) is 1. The summed E-state index contributed by atoms with van der Waals surface area (Å²) in [6, 6.07) is 10.2. The molecule has 198 valence electrons. The molecule has 2 aromatic carbocycles. The summed E-state index contributed by atoms with van der Waals surface area (Å²) in [7, 11) is 0. The Labute approximate surface area is 220 Å². The minimum Gasteiger partial charge on any atom is -0.336 e. The zero-order chi connectivity index (χ0) is 26.7. The van der Waals surface area contributed by atoms with E-state index in [1.165, 1.54) is 18.2 Å². The predicted molar refractivity (Wildman–Crippen MR) is 141 cm³/mol. The highest BCUT2D eigenvalue weighted by molar-refractivity contribution is 7.99. The zero-order valence-corrected chi connectivity index (χ0v) is 22.4. The van der Waals surface area contributed by atoms with E-state index in [2.05, 4.69) is 5.32 Å². The van der Waals surface area contributed by atoms with Gasteiger partial charge in [-0.1, -0.05) is 31.7 Å². The summed E-state index contributed by atoms with van der Waals surface area (Å²) in [4.78, 5) is 18.9. The van der Waals surface area contributed by atoms with E-state index in [9.17, 15) is 18.0 Å². The number of carbonyl (C=O) groups excluding carboxylic acids is 1. The highest BCUT2D eigenvalue weighted by Crippen LogP contribution is 2.37. The van der Waals surface area contributed by atoms with Gasteiger partial charge in [-0.3, -0.25) is 4.57 Å². The Bertz CT molecular complexity index is 1230. The lowest BCUT2D eigenvalue weighted by molar-refractivity contribution is 0.172. The molecule has 0 unspecified atom stereocenters. The van der Waals surface area contributed by atoms with Gasteiger partial charge in [0.15, 0.2) is 16.8 Å². The van der Waals surface area contributed by atoms with Crippen LogP contribution in [0.4, 0.5) is 18.0 Å². The molecule has 3 aromatic rings. The number of likely N-dealkylation sites (tertiary alicyclic amines) is 1. The number of carbonyl (C=O) groups is 1. The molecule has 1 aromatic heterocycles. The number of thioether (sulfide) groups is 1. The number of rotatable bonds is 7. The van der Waals surface area contributed by atoms with Crippen LogP contribution < -0.4 is 5.32 Å². The Balaban J connectivity index is 1.56. The predicted octanol–water partition coefficient (Wildman–Crippen LogP) is 6.54. The molecular weight excluding hydrogens is 497 g/mol. The van der Waals surface area contributed by atoms with Crippen molar-refractivity contribution in [2.75, 3.05) is 18.8 Å². The molecule has 1 aliphatic heterocycles. The number of amides is 2. The SMILES string of the molecule is CC(C)NC(=O)N1CCC(CSc2ncc(C(C)(C)c3ccc(F)c(F)c3)n2-c2ccc(F)cc2)CC1. The number of nitrogens with zero attached hydrogens (tertiary/aromatic N) is 3. The Hall–Kier alpha value is -2.94. The molecule has 0 atom stereocenters. The Morgan fingerprint density at radius 3 is 2.38 bits per heavy atom. The monoisotopic (exact) mass is 530 g/mol. The fourth-order valence-electron chi connectivity index (χ4n) is 4.58. The summed E-state index contributed by atoms with van der Waals surface area (Å²) in [6.45, 7) is 9.20. The van der Waals surface area contributed by atoms with Crippen LogP contribution in [0.1, 0.15) is 51.8 Å². The van der Waals surface area contributed by atoms with E-state index in [0.29, 0.717) is 24.6 Å². The topological polar surface area (TPSA) is 50.2 Å². The van der Waals surface area contributed by atoms with E-state index in [1.807, 2.05) is 37.2 Å². The minimum absolute atomic E-state index is 0.0166. The summed E-state index contributed by atoms with van der Waals surface area (Å²) in [6.07, 6.45) is 3.57. The van der Waals surface area contributed by atoms with E-state index >= 15 is 0 Å². The summed E-state index contributed by atoms with van der Waals surface area (Å²) < 4.78 is 43.4. The molecule has 9 heteroatoms. The fourth-order valence-corrected chi connectivity index (χ4v) is 5.76. The van der Waals surface area contributed by atoms with Crippen LogP contribution in [0, 0.1) is 23.4 Å². The molecule has 1 saturated heterocycles. The first-order valence-electron chi connectivity index (χ1n) is 12.5. The van der Waals surface area contributed by atoms with Gasteiger partial charge in [-0.2, -0.15) is 0 Å². The van der Waals surface area contributed by atoms with Gasteiger partial charge in [-0.15, -0.1) is 0 Å². The summed E-state index contributed by atoms with van der Waals surface area (Å²) in [5.74, 6) is -0.887. The van der Waals surface area contributed by atoms with Crippen LogP contribution >= 0.6 is 11.8 Å². The van der Waals surface area contributed by atoms with Crippen molar-refractivity contribution >= 4 is 17.8 Å². The average Bonchev–Trinajstić information content (AvgIpc) is 3.29. The molecule has 0 spiro atoms. The van der Waals surface area contributed by atoms with Gasteiger partial charge in [-0.05, 0) is 74.6 Å². The van der Waals surface area contributed by atoms with Crippen molar-refractivity contribution in [3.8, 4) is 5.69 Å². The molecule has 37 heavy (non-hydrogen) atoms. The van der Waals surface area contributed by atoms with E-state index in [1.54, 1.807) is 36.2 Å². The van der Waals surface area contributed by atoms with Gasteiger partial charge in [0.1, 0.15) is 5.82 Å². The zero-order valence-electron chi connectivity index (χ0n) is 21.6. The molecule has 4 rings (SSSR count). The van der Waals surface area contributed by atoms with Crippen molar-refractivity contribution in [1.29, 1.82) is 0 Å². The third kappa shape index (κ3) is 6.14. The van der Waals surface area contributed by atoms with Crippen LogP contribution in [0.15, 0.2) is 53.8 Å². The molecule has 1 aliphatic rings. The quantitative estimate of drug-likeness (QED) is 0.353. The smallest absolute Gasteiger partial charge is 0.317 e. The second-order valence-corrected chi connectivity index (χ2v) is 11.3. The normalized spacial score (nSPS) is 14.9. The largest absolute Gasteiger partial charge is 0.336 e.